The van der Waals surface area contributed by atoms with E-state index in [1.54, 1.807) is 0 Å². The van der Waals surface area contributed by atoms with Crippen LogP contribution in [0.25, 0.3) is 0 Å². The Morgan fingerprint density at radius 1 is 1.50 bits per heavy atom. The molecule has 0 aromatic heterocycles. The number of rotatable bonds is 3. The maximum Gasteiger partial charge on any atom is 0.0432 e. The fraction of sp³-hybridized carbons (Fsp3) is 0.714. The average molecular weight is 242 g/mol. The lowest BCUT2D eigenvalue weighted by molar-refractivity contribution is 0.0710. The van der Waals surface area contributed by atoms with Crippen LogP contribution >= 0.6 is 11.6 Å². The molecule has 1 fully saturated rings. The third kappa shape index (κ3) is 2.52. The Kier molecular flexibility index (Phi) is 3.91. The molecular formula is C14H24ClN. The Morgan fingerprint density at radius 3 is 2.50 bits per heavy atom. The molecule has 0 bridgehead atoms. The molecule has 1 nitrogen and oxygen atoms in total. The summed E-state index contributed by atoms with van der Waals surface area (Å²) in [5.74, 6) is 0.543. The molecule has 0 saturated carbocycles. The SMILES string of the molecule is C=C(CCl)CC1(C)C(=C)CCN1C(C)(C)C. The molecule has 0 spiro atoms. The number of nitrogens with zero attached hydrogens (tertiary/aromatic N) is 1. The van der Waals surface area contributed by atoms with E-state index in [1.807, 2.05) is 0 Å². The third-order valence-electron chi connectivity index (χ3n) is 3.59. The van der Waals surface area contributed by atoms with Crippen LogP contribution in [0.4, 0.5) is 0 Å². The zero-order valence-corrected chi connectivity index (χ0v) is 11.8. The molecule has 0 radical (unpaired) electrons. The van der Waals surface area contributed by atoms with Gasteiger partial charge in [0.05, 0.1) is 0 Å². The molecule has 0 aromatic carbocycles. The van der Waals surface area contributed by atoms with Crippen molar-refractivity contribution in [2.75, 3.05) is 12.4 Å². The minimum atomic E-state index is 0.0320. The van der Waals surface area contributed by atoms with Crippen LogP contribution in [0.3, 0.4) is 0 Å². The van der Waals surface area contributed by atoms with Crippen LogP contribution in [0, 0.1) is 0 Å². The molecule has 0 aromatic rings. The second-order valence-corrected chi connectivity index (χ2v) is 6.28. The van der Waals surface area contributed by atoms with Crippen LogP contribution in [0.2, 0.25) is 0 Å². The first-order valence-corrected chi connectivity index (χ1v) is 6.44. The van der Waals surface area contributed by atoms with Crippen molar-refractivity contribution in [1.29, 1.82) is 0 Å². The summed E-state index contributed by atoms with van der Waals surface area (Å²) in [4.78, 5) is 2.53. The van der Waals surface area contributed by atoms with Crippen molar-refractivity contribution in [2.24, 2.45) is 0 Å². The molecule has 1 saturated heterocycles. The molecular weight excluding hydrogens is 218 g/mol. The lowest BCUT2D eigenvalue weighted by Gasteiger charge is -2.45. The van der Waals surface area contributed by atoms with Gasteiger partial charge in [-0.05, 0) is 40.5 Å². The lowest BCUT2D eigenvalue weighted by atomic mass is 9.85. The number of likely N-dealkylation sites (tertiary alicyclic amines) is 1. The maximum absolute atomic E-state index is 5.85. The minimum Gasteiger partial charge on any atom is -0.289 e. The van der Waals surface area contributed by atoms with Gasteiger partial charge in [0.15, 0.2) is 0 Å². The van der Waals surface area contributed by atoms with Gasteiger partial charge in [-0.15, -0.1) is 11.6 Å². The zero-order chi connectivity index (χ0) is 12.6. The summed E-state index contributed by atoms with van der Waals surface area (Å²) < 4.78 is 0. The van der Waals surface area contributed by atoms with E-state index in [2.05, 4.69) is 45.8 Å². The van der Waals surface area contributed by atoms with Crippen LogP contribution in [-0.4, -0.2) is 28.4 Å². The number of halogens is 1. The first kappa shape index (κ1) is 13.8. The maximum atomic E-state index is 5.85. The van der Waals surface area contributed by atoms with Gasteiger partial charge in [0.25, 0.3) is 0 Å². The fourth-order valence-corrected chi connectivity index (χ4v) is 2.88. The van der Waals surface area contributed by atoms with Gasteiger partial charge in [-0.1, -0.05) is 24.3 Å². The highest BCUT2D eigenvalue weighted by Gasteiger charge is 2.44. The highest BCUT2D eigenvalue weighted by molar-refractivity contribution is 6.19. The quantitative estimate of drug-likeness (QED) is 0.534. The molecule has 2 heteroatoms. The molecule has 1 aliphatic rings. The van der Waals surface area contributed by atoms with Crippen molar-refractivity contribution in [3.63, 3.8) is 0 Å². The summed E-state index contributed by atoms with van der Waals surface area (Å²) in [6.45, 7) is 18.4. The van der Waals surface area contributed by atoms with Gasteiger partial charge in [-0.3, -0.25) is 4.90 Å². The van der Waals surface area contributed by atoms with Crippen LogP contribution in [0.15, 0.2) is 24.3 Å². The van der Waals surface area contributed by atoms with Crippen molar-refractivity contribution >= 4 is 11.6 Å². The summed E-state index contributed by atoms with van der Waals surface area (Å²) in [6.07, 6.45) is 2.01. The third-order valence-corrected chi connectivity index (χ3v) is 3.97. The first-order valence-electron chi connectivity index (χ1n) is 5.90. The van der Waals surface area contributed by atoms with E-state index in [0.29, 0.717) is 5.88 Å². The van der Waals surface area contributed by atoms with Crippen molar-refractivity contribution in [3.05, 3.63) is 24.3 Å². The van der Waals surface area contributed by atoms with Crippen LogP contribution in [0.1, 0.15) is 40.5 Å². The Hall–Kier alpha value is -0.270. The predicted octanol–water partition coefficient (Wildman–Crippen LogP) is 3.99. The number of alkyl halides is 1. The molecule has 16 heavy (non-hydrogen) atoms. The topological polar surface area (TPSA) is 3.24 Å². The van der Waals surface area contributed by atoms with Gasteiger partial charge in [-0.25, -0.2) is 0 Å². The Labute approximate surface area is 105 Å². The molecule has 1 heterocycles. The van der Waals surface area contributed by atoms with Crippen LogP contribution < -0.4 is 0 Å². The van der Waals surface area contributed by atoms with Gasteiger partial charge in [-0.2, -0.15) is 0 Å². The molecule has 0 N–H and O–H groups in total. The highest BCUT2D eigenvalue weighted by atomic mass is 35.5. The number of hydrogen-bond donors (Lipinski definition) is 0. The molecule has 1 rings (SSSR count). The van der Waals surface area contributed by atoms with Crippen LogP contribution in [0.5, 0.6) is 0 Å². The van der Waals surface area contributed by atoms with E-state index < -0.39 is 0 Å². The molecule has 0 amide bonds. The normalized spacial score (nSPS) is 27.4. The monoisotopic (exact) mass is 241 g/mol. The van der Waals surface area contributed by atoms with E-state index in [1.165, 1.54) is 5.57 Å². The Bertz CT molecular complexity index is 300. The lowest BCUT2D eigenvalue weighted by Crippen LogP contribution is -2.52. The Morgan fingerprint density at radius 2 is 2.06 bits per heavy atom. The summed E-state index contributed by atoms with van der Waals surface area (Å²) in [7, 11) is 0. The Balaban J connectivity index is 2.96. The second-order valence-electron chi connectivity index (χ2n) is 6.01. The summed E-state index contributed by atoms with van der Waals surface area (Å²) in [5, 5.41) is 0. The van der Waals surface area contributed by atoms with Gasteiger partial charge >= 0.3 is 0 Å². The summed E-state index contributed by atoms with van der Waals surface area (Å²) >= 11 is 5.85. The van der Waals surface area contributed by atoms with Gasteiger partial charge in [0.2, 0.25) is 0 Å². The average Bonchev–Trinajstić information content (AvgIpc) is 2.42. The highest BCUT2D eigenvalue weighted by Crippen LogP contribution is 2.42. The van der Waals surface area contributed by atoms with Gasteiger partial charge < -0.3 is 0 Å². The van der Waals surface area contributed by atoms with Crippen molar-refractivity contribution < 1.29 is 0 Å². The molecule has 1 unspecified atom stereocenters. The largest absolute Gasteiger partial charge is 0.289 e. The van der Waals surface area contributed by atoms with Gasteiger partial charge in [0, 0.05) is 23.5 Å². The molecule has 92 valence electrons. The molecule has 1 aliphatic heterocycles. The van der Waals surface area contributed by atoms with Crippen LogP contribution in [-0.2, 0) is 0 Å². The van der Waals surface area contributed by atoms with E-state index >= 15 is 0 Å². The number of hydrogen-bond acceptors (Lipinski definition) is 1. The fourth-order valence-electron chi connectivity index (χ4n) is 2.78. The van der Waals surface area contributed by atoms with E-state index in [9.17, 15) is 0 Å². The standard InChI is InChI=1S/C14H24ClN/c1-11(10-15)9-14(6)12(2)7-8-16(14)13(3,4)5/h1-2,7-10H2,3-6H3. The van der Waals surface area contributed by atoms with Crippen molar-refractivity contribution in [1.82, 2.24) is 4.90 Å². The van der Waals surface area contributed by atoms with E-state index in [4.69, 9.17) is 11.6 Å². The van der Waals surface area contributed by atoms with E-state index in [0.717, 1.165) is 25.0 Å². The predicted molar refractivity (Wildman–Crippen MR) is 73.1 cm³/mol. The van der Waals surface area contributed by atoms with Crippen molar-refractivity contribution in [3.8, 4) is 0 Å². The van der Waals surface area contributed by atoms with Gasteiger partial charge in [0.1, 0.15) is 0 Å². The summed E-state index contributed by atoms with van der Waals surface area (Å²) in [6, 6.07) is 0. The van der Waals surface area contributed by atoms with E-state index in [-0.39, 0.29) is 11.1 Å². The minimum absolute atomic E-state index is 0.0320. The molecule has 0 aliphatic carbocycles. The first-order chi connectivity index (χ1) is 7.21. The zero-order valence-electron chi connectivity index (χ0n) is 11.1. The summed E-state index contributed by atoms with van der Waals surface area (Å²) in [5.41, 5.74) is 2.61. The second kappa shape index (κ2) is 4.54. The smallest absolute Gasteiger partial charge is 0.0432 e. The van der Waals surface area contributed by atoms with Crippen molar-refractivity contribution in [2.45, 2.75) is 51.6 Å². The molecule has 1 atom stereocenters.